The van der Waals surface area contributed by atoms with Gasteiger partial charge in [0.05, 0.1) is 12.6 Å². The highest BCUT2D eigenvalue weighted by atomic mass is 16.5. The number of nitrogens with zero attached hydrogens (tertiary/aromatic N) is 1. The summed E-state index contributed by atoms with van der Waals surface area (Å²) in [7, 11) is 1.63. The number of hydrogen-bond donors (Lipinski definition) is 3. The highest BCUT2D eigenvalue weighted by Crippen LogP contribution is 2.26. The molecule has 1 aromatic carbocycles. The molecule has 0 atom stereocenters. The Labute approximate surface area is 116 Å². The summed E-state index contributed by atoms with van der Waals surface area (Å²) in [4.78, 5) is 14.8. The van der Waals surface area contributed by atoms with Crippen LogP contribution in [0.25, 0.3) is 10.9 Å². The lowest BCUT2D eigenvalue weighted by Crippen LogP contribution is -2.23. The number of amides is 1. The highest BCUT2D eigenvalue weighted by molar-refractivity contribution is 5.86. The van der Waals surface area contributed by atoms with Crippen LogP contribution in [0, 0.1) is 0 Å². The first kappa shape index (κ1) is 13.9. The van der Waals surface area contributed by atoms with Crippen LogP contribution >= 0.6 is 0 Å². The van der Waals surface area contributed by atoms with Crippen LogP contribution in [0.3, 0.4) is 0 Å². The molecule has 0 aliphatic rings. The minimum atomic E-state index is -1.00. The van der Waals surface area contributed by atoms with Crippen LogP contribution in [0.15, 0.2) is 30.3 Å². The molecule has 1 heterocycles. The Bertz CT molecular complexity index is 601. The highest BCUT2D eigenvalue weighted by Gasteiger charge is 2.05. The van der Waals surface area contributed by atoms with Crippen molar-refractivity contribution >= 4 is 22.8 Å². The normalized spacial score (nSPS) is 10.2. The topological polar surface area (TPSA) is 83.5 Å². The van der Waals surface area contributed by atoms with Crippen LogP contribution in [0.4, 0.5) is 10.6 Å². The monoisotopic (exact) mass is 275 g/mol. The quantitative estimate of drug-likeness (QED) is 0.705. The van der Waals surface area contributed by atoms with E-state index < -0.39 is 6.09 Å². The molecule has 20 heavy (non-hydrogen) atoms. The molecule has 1 amide bonds. The molecule has 0 saturated carbocycles. The lowest BCUT2D eigenvalue weighted by molar-refractivity contribution is 0.194. The number of methoxy groups -OCH3 is 1. The van der Waals surface area contributed by atoms with Gasteiger partial charge in [-0.3, -0.25) is 0 Å². The second-order valence-corrected chi connectivity index (χ2v) is 4.24. The number of benzene rings is 1. The zero-order chi connectivity index (χ0) is 14.4. The number of rotatable bonds is 6. The van der Waals surface area contributed by atoms with Crippen LogP contribution in [-0.2, 0) is 0 Å². The fraction of sp³-hybridized carbons (Fsp3) is 0.286. The average Bonchev–Trinajstić information content (AvgIpc) is 2.45. The minimum absolute atomic E-state index is 0.410. The summed E-state index contributed by atoms with van der Waals surface area (Å²) < 4.78 is 5.36. The van der Waals surface area contributed by atoms with Gasteiger partial charge in [0.2, 0.25) is 0 Å². The first-order valence-corrected chi connectivity index (χ1v) is 6.35. The van der Waals surface area contributed by atoms with Crippen molar-refractivity contribution in [1.82, 2.24) is 10.3 Å². The molecule has 2 rings (SSSR count). The number of fused-ring (bicyclic) bond motifs is 1. The Morgan fingerprint density at radius 3 is 2.90 bits per heavy atom. The summed E-state index contributed by atoms with van der Waals surface area (Å²) in [5, 5.41) is 14.9. The van der Waals surface area contributed by atoms with E-state index in [1.807, 2.05) is 30.3 Å². The molecule has 0 aliphatic carbocycles. The van der Waals surface area contributed by atoms with Gasteiger partial charge in [0.25, 0.3) is 0 Å². The minimum Gasteiger partial charge on any atom is -0.496 e. The molecule has 6 heteroatoms. The van der Waals surface area contributed by atoms with Crippen molar-refractivity contribution in [1.29, 1.82) is 0 Å². The molecule has 2 aromatic rings. The summed E-state index contributed by atoms with van der Waals surface area (Å²) >= 11 is 0. The van der Waals surface area contributed by atoms with Crippen LogP contribution in [0.2, 0.25) is 0 Å². The molecular weight excluding hydrogens is 258 g/mol. The van der Waals surface area contributed by atoms with E-state index in [2.05, 4.69) is 15.6 Å². The fourth-order valence-electron chi connectivity index (χ4n) is 1.90. The number of pyridine rings is 1. The van der Waals surface area contributed by atoms with Gasteiger partial charge in [0, 0.05) is 24.5 Å². The molecule has 0 saturated heterocycles. The first-order valence-electron chi connectivity index (χ1n) is 6.35. The lowest BCUT2D eigenvalue weighted by atomic mass is 10.2. The van der Waals surface area contributed by atoms with E-state index in [9.17, 15) is 4.79 Å². The van der Waals surface area contributed by atoms with Crippen molar-refractivity contribution in [3.63, 3.8) is 0 Å². The van der Waals surface area contributed by atoms with Gasteiger partial charge in [-0.1, -0.05) is 12.1 Å². The fourth-order valence-corrected chi connectivity index (χ4v) is 1.90. The number of anilines is 1. The van der Waals surface area contributed by atoms with E-state index in [1.54, 1.807) is 7.11 Å². The van der Waals surface area contributed by atoms with Gasteiger partial charge in [-0.15, -0.1) is 0 Å². The van der Waals surface area contributed by atoms with E-state index in [1.165, 1.54) is 0 Å². The summed E-state index contributed by atoms with van der Waals surface area (Å²) in [6.45, 7) is 1.04. The summed E-state index contributed by atoms with van der Waals surface area (Å²) in [5.74, 6) is 1.48. The van der Waals surface area contributed by atoms with Gasteiger partial charge in [0.1, 0.15) is 11.6 Å². The summed E-state index contributed by atoms with van der Waals surface area (Å²) in [5.41, 5.74) is 0.859. The number of hydrogen-bond acceptors (Lipinski definition) is 4. The van der Waals surface area contributed by atoms with Crippen molar-refractivity contribution in [2.24, 2.45) is 0 Å². The van der Waals surface area contributed by atoms with Crippen LogP contribution in [-0.4, -0.2) is 36.4 Å². The predicted molar refractivity (Wildman–Crippen MR) is 77.4 cm³/mol. The van der Waals surface area contributed by atoms with E-state index in [0.29, 0.717) is 19.5 Å². The second-order valence-electron chi connectivity index (χ2n) is 4.24. The molecule has 3 N–H and O–H groups in total. The van der Waals surface area contributed by atoms with Gasteiger partial charge in [-0.25, -0.2) is 9.78 Å². The number of aromatic nitrogens is 1. The Balaban J connectivity index is 2.01. The molecule has 0 radical (unpaired) electrons. The third kappa shape index (κ3) is 3.50. The zero-order valence-corrected chi connectivity index (χ0v) is 11.2. The first-order chi connectivity index (χ1) is 9.70. The molecular formula is C14H17N3O3. The Morgan fingerprint density at radius 2 is 2.15 bits per heavy atom. The van der Waals surface area contributed by atoms with Crippen molar-refractivity contribution < 1.29 is 14.6 Å². The lowest BCUT2D eigenvalue weighted by Gasteiger charge is -2.10. The van der Waals surface area contributed by atoms with Crippen molar-refractivity contribution in [2.45, 2.75) is 6.42 Å². The second kappa shape index (κ2) is 6.60. The maximum absolute atomic E-state index is 10.3. The van der Waals surface area contributed by atoms with E-state index in [-0.39, 0.29) is 0 Å². The predicted octanol–water partition coefficient (Wildman–Crippen LogP) is 2.31. The van der Waals surface area contributed by atoms with Crippen molar-refractivity contribution in [3.05, 3.63) is 30.3 Å². The van der Waals surface area contributed by atoms with Gasteiger partial charge in [-0.05, 0) is 18.6 Å². The largest absolute Gasteiger partial charge is 0.496 e. The number of carbonyl (C=O) groups is 1. The van der Waals surface area contributed by atoms with Crippen molar-refractivity contribution in [2.75, 3.05) is 25.5 Å². The standard InChI is InChI=1S/C14H17N3O3/c1-20-12-9-13(15-7-4-8-16-14(18)19)17-11-6-3-2-5-10(11)12/h2-3,5-6,9,16H,4,7-8H2,1H3,(H,15,17)(H,18,19). The molecule has 0 fully saturated rings. The zero-order valence-electron chi connectivity index (χ0n) is 11.2. The molecule has 106 valence electrons. The average molecular weight is 275 g/mol. The van der Waals surface area contributed by atoms with E-state index in [0.717, 1.165) is 22.5 Å². The molecule has 1 aromatic heterocycles. The van der Waals surface area contributed by atoms with E-state index >= 15 is 0 Å². The van der Waals surface area contributed by atoms with Gasteiger partial charge in [-0.2, -0.15) is 0 Å². The Kier molecular flexibility index (Phi) is 4.60. The third-order valence-corrected chi connectivity index (χ3v) is 2.83. The van der Waals surface area contributed by atoms with Crippen LogP contribution < -0.4 is 15.4 Å². The van der Waals surface area contributed by atoms with Crippen LogP contribution in [0.1, 0.15) is 6.42 Å². The smallest absolute Gasteiger partial charge is 0.404 e. The molecule has 0 aliphatic heterocycles. The van der Waals surface area contributed by atoms with Gasteiger partial charge in [0.15, 0.2) is 0 Å². The summed E-state index contributed by atoms with van der Waals surface area (Å²) in [6.07, 6.45) is -0.321. The molecule has 6 nitrogen and oxygen atoms in total. The third-order valence-electron chi connectivity index (χ3n) is 2.83. The van der Waals surface area contributed by atoms with E-state index in [4.69, 9.17) is 9.84 Å². The van der Waals surface area contributed by atoms with Crippen LogP contribution in [0.5, 0.6) is 5.75 Å². The van der Waals surface area contributed by atoms with Gasteiger partial charge >= 0.3 is 6.09 Å². The maximum atomic E-state index is 10.3. The Morgan fingerprint density at radius 1 is 1.35 bits per heavy atom. The number of nitrogens with one attached hydrogen (secondary N) is 2. The number of carboxylic acid groups (broad SMARTS) is 1. The molecule has 0 spiro atoms. The maximum Gasteiger partial charge on any atom is 0.404 e. The van der Waals surface area contributed by atoms with Crippen molar-refractivity contribution in [3.8, 4) is 5.75 Å². The SMILES string of the molecule is COc1cc(NCCCNC(=O)O)nc2ccccc12. The van der Waals surface area contributed by atoms with Gasteiger partial charge < -0.3 is 20.5 Å². The number of para-hydroxylation sites is 1. The number of ether oxygens (including phenoxy) is 1. The summed E-state index contributed by atoms with van der Waals surface area (Å²) in [6, 6.07) is 9.59. The molecule has 0 bridgehead atoms. The molecule has 0 unspecified atom stereocenters. The Hall–Kier alpha value is -2.50.